The van der Waals surface area contributed by atoms with Gasteiger partial charge in [0.05, 0.1) is 11.8 Å². The van der Waals surface area contributed by atoms with E-state index in [1.54, 1.807) is 19.1 Å². The maximum absolute atomic E-state index is 12.2. The Bertz CT molecular complexity index is 573. The quantitative estimate of drug-likeness (QED) is 0.793. The zero-order valence-electron chi connectivity index (χ0n) is 9.92. The largest absolute Gasteiger partial charge is 0.490 e. The maximum atomic E-state index is 12.2. The molecule has 4 nitrogen and oxygen atoms in total. The molecule has 1 aromatic heterocycles. The lowest BCUT2D eigenvalue weighted by molar-refractivity contribution is 0.104. The first-order chi connectivity index (χ1) is 8.74. The summed E-state index contributed by atoms with van der Waals surface area (Å²) in [7, 11) is 0. The van der Waals surface area contributed by atoms with Gasteiger partial charge in [0.25, 0.3) is 0 Å². The predicted octanol–water partition coefficient (Wildman–Crippen LogP) is 2.62. The Morgan fingerprint density at radius 3 is 2.61 bits per heavy atom. The van der Waals surface area contributed by atoms with E-state index in [4.69, 9.17) is 4.74 Å². The number of aromatic nitrogens is 2. The number of hydrogen-bond donors (Lipinski definition) is 0. The molecule has 0 N–H and O–H groups in total. The third-order valence-corrected chi connectivity index (χ3v) is 3.63. The summed E-state index contributed by atoms with van der Waals surface area (Å²) in [6.07, 6.45) is 2.64. The molecule has 3 rings (SSSR count). The second-order valence-corrected chi connectivity index (χ2v) is 5.11. The highest BCUT2D eigenvalue weighted by Crippen LogP contribution is 2.27. The number of hydrogen-bond acceptors (Lipinski definition) is 5. The van der Waals surface area contributed by atoms with Crippen molar-refractivity contribution >= 4 is 17.3 Å². The molecule has 0 unspecified atom stereocenters. The van der Waals surface area contributed by atoms with Gasteiger partial charge in [0, 0.05) is 5.56 Å². The van der Waals surface area contributed by atoms with Crippen LogP contribution < -0.4 is 4.74 Å². The van der Waals surface area contributed by atoms with Crippen molar-refractivity contribution in [2.45, 2.75) is 25.9 Å². The van der Waals surface area contributed by atoms with Crippen LogP contribution in [0.1, 0.15) is 33.8 Å². The molecule has 1 aliphatic carbocycles. The van der Waals surface area contributed by atoms with Crippen LogP contribution in [0.3, 0.4) is 0 Å². The molecule has 2 aromatic rings. The summed E-state index contributed by atoms with van der Waals surface area (Å²) in [5, 5.41) is 3.85. The molecule has 0 spiro atoms. The SMILES string of the molecule is Cc1nnsc1C(=O)c1ccc(OC2CC2)cc1. The fourth-order valence-electron chi connectivity index (χ4n) is 1.63. The number of carbonyl (C=O) groups is 1. The van der Waals surface area contributed by atoms with E-state index >= 15 is 0 Å². The number of benzene rings is 1. The van der Waals surface area contributed by atoms with Crippen molar-refractivity contribution in [3.63, 3.8) is 0 Å². The minimum atomic E-state index is -0.0273. The Balaban J connectivity index is 1.79. The Kier molecular flexibility index (Phi) is 2.83. The zero-order chi connectivity index (χ0) is 12.5. The third kappa shape index (κ3) is 2.26. The third-order valence-electron chi connectivity index (χ3n) is 2.80. The molecule has 1 saturated carbocycles. The molecule has 0 bridgehead atoms. The van der Waals surface area contributed by atoms with Crippen LogP contribution in [0.25, 0.3) is 0 Å². The summed E-state index contributed by atoms with van der Waals surface area (Å²) in [4.78, 5) is 12.8. The summed E-state index contributed by atoms with van der Waals surface area (Å²) < 4.78 is 9.42. The van der Waals surface area contributed by atoms with Gasteiger partial charge in [-0.2, -0.15) is 0 Å². The van der Waals surface area contributed by atoms with Crippen LogP contribution in [0.2, 0.25) is 0 Å². The molecule has 1 aliphatic rings. The molecule has 1 heterocycles. The van der Waals surface area contributed by atoms with Gasteiger partial charge in [0.1, 0.15) is 10.6 Å². The Hall–Kier alpha value is -1.75. The molecule has 0 radical (unpaired) electrons. The molecule has 0 saturated heterocycles. The van der Waals surface area contributed by atoms with Crippen LogP contribution in [-0.4, -0.2) is 21.5 Å². The Morgan fingerprint density at radius 2 is 2.06 bits per heavy atom. The lowest BCUT2D eigenvalue weighted by atomic mass is 10.1. The Morgan fingerprint density at radius 1 is 1.33 bits per heavy atom. The van der Waals surface area contributed by atoms with Crippen LogP contribution in [0.15, 0.2) is 24.3 Å². The van der Waals surface area contributed by atoms with Crippen LogP contribution in [0.4, 0.5) is 0 Å². The van der Waals surface area contributed by atoms with Gasteiger partial charge in [-0.15, -0.1) is 5.10 Å². The number of rotatable bonds is 4. The van der Waals surface area contributed by atoms with Gasteiger partial charge >= 0.3 is 0 Å². The normalized spacial score (nSPS) is 14.5. The summed E-state index contributed by atoms with van der Waals surface area (Å²) >= 11 is 1.14. The van der Waals surface area contributed by atoms with Crippen molar-refractivity contribution in [2.24, 2.45) is 0 Å². The first kappa shape index (κ1) is 11.3. The average molecular weight is 260 g/mol. The van der Waals surface area contributed by atoms with Gasteiger partial charge in [-0.1, -0.05) is 4.49 Å². The van der Waals surface area contributed by atoms with E-state index in [0.29, 0.717) is 22.2 Å². The number of ether oxygens (including phenoxy) is 1. The molecule has 1 fully saturated rings. The number of carbonyl (C=O) groups excluding carboxylic acids is 1. The van der Waals surface area contributed by atoms with E-state index in [2.05, 4.69) is 9.59 Å². The first-order valence-corrected chi connectivity index (χ1v) is 6.62. The van der Waals surface area contributed by atoms with Gasteiger partial charge in [-0.05, 0) is 55.6 Å². The average Bonchev–Trinajstić information content (AvgIpc) is 3.09. The molecule has 1 aromatic carbocycles. The van der Waals surface area contributed by atoms with Gasteiger partial charge in [-0.3, -0.25) is 4.79 Å². The fourth-order valence-corrected chi connectivity index (χ4v) is 2.25. The van der Waals surface area contributed by atoms with E-state index in [1.165, 1.54) is 0 Å². The lowest BCUT2D eigenvalue weighted by Gasteiger charge is -2.04. The van der Waals surface area contributed by atoms with Gasteiger partial charge in [0.15, 0.2) is 0 Å². The molecule has 18 heavy (non-hydrogen) atoms. The van der Waals surface area contributed by atoms with E-state index in [-0.39, 0.29) is 5.78 Å². The van der Waals surface area contributed by atoms with Crippen LogP contribution in [0, 0.1) is 6.92 Å². The summed E-state index contributed by atoms with van der Waals surface area (Å²) in [6, 6.07) is 7.27. The van der Waals surface area contributed by atoms with E-state index in [1.807, 2.05) is 12.1 Å². The first-order valence-electron chi connectivity index (χ1n) is 5.84. The molecule has 5 heteroatoms. The van der Waals surface area contributed by atoms with E-state index < -0.39 is 0 Å². The van der Waals surface area contributed by atoms with Crippen molar-refractivity contribution in [2.75, 3.05) is 0 Å². The van der Waals surface area contributed by atoms with Crippen molar-refractivity contribution in [3.05, 3.63) is 40.4 Å². The monoisotopic (exact) mass is 260 g/mol. The highest BCUT2D eigenvalue weighted by molar-refractivity contribution is 7.08. The van der Waals surface area contributed by atoms with Gasteiger partial charge in [0.2, 0.25) is 5.78 Å². The van der Waals surface area contributed by atoms with Crippen LogP contribution in [0.5, 0.6) is 5.75 Å². The van der Waals surface area contributed by atoms with Gasteiger partial charge in [-0.25, -0.2) is 0 Å². The smallest absolute Gasteiger partial charge is 0.206 e. The molecule has 0 amide bonds. The molecule has 92 valence electrons. The second kappa shape index (κ2) is 4.49. The molecule has 0 aliphatic heterocycles. The minimum absolute atomic E-state index is 0.0273. The topological polar surface area (TPSA) is 52.1 Å². The highest BCUT2D eigenvalue weighted by Gasteiger charge is 2.23. The number of ketones is 1. The van der Waals surface area contributed by atoms with Crippen molar-refractivity contribution in [1.82, 2.24) is 9.59 Å². The summed E-state index contributed by atoms with van der Waals surface area (Å²) in [5.41, 5.74) is 1.33. The fraction of sp³-hybridized carbons (Fsp3) is 0.308. The van der Waals surface area contributed by atoms with Crippen LogP contribution in [-0.2, 0) is 0 Å². The summed E-state index contributed by atoms with van der Waals surface area (Å²) in [5.74, 6) is 0.800. The summed E-state index contributed by atoms with van der Waals surface area (Å²) in [6.45, 7) is 1.79. The molecular formula is C13H12N2O2S. The van der Waals surface area contributed by atoms with Crippen molar-refractivity contribution in [3.8, 4) is 5.75 Å². The van der Waals surface area contributed by atoms with E-state index in [9.17, 15) is 4.79 Å². The van der Waals surface area contributed by atoms with Crippen molar-refractivity contribution in [1.29, 1.82) is 0 Å². The zero-order valence-corrected chi connectivity index (χ0v) is 10.7. The standard InChI is InChI=1S/C13H12N2O2S/c1-8-13(18-15-14-8)12(16)9-2-4-10(5-3-9)17-11-6-7-11/h2-5,11H,6-7H2,1H3. The highest BCUT2D eigenvalue weighted by atomic mass is 32.1. The minimum Gasteiger partial charge on any atom is -0.490 e. The Labute approximate surface area is 109 Å². The molecular weight excluding hydrogens is 248 g/mol. The van der Waals surface area contributed by atoms with Gasteiger partial charge < -0.3 is 4.74 Å². The molecule has 0 atom stereocenters. The van der Waals surface area contributed by atoms with Crippen molar-refractivity contribution < 1.29 is 9.53 Å². The lowest BCUT2D eigenvalue weighted by Crippen LogP contribution is -2.01. The second-order valence-electron chi connectivity index (χ2n) is 4.36. The number of nitrogens with zero attached hydrogens (tertiary/aromatic N) is 2. The maximum Gasteiger partial charge on any atom is 0.206 e. The predicted molar refractivity (Wildman–Crippen MR) is 68.2 cm³/mol. The van der Waals surface area contributed by atoms with E-state index in [0.717, 1.165) is 30.1 Å². The van der Waals surface area contributed by atoms with Crippen LogP contribution >= 0.6 is 11.5 Å². The number of aryl methyl sites for hydroxylation is 1.